The lowest BCUT2D eigenvalue weighted by atomic mass is 9.90. The molecule has 0 aliphatic carbocycles. The van der Waals surface area contributed by atoms with E-state index in [4.69, 9.17) is 17.3 Å². The maximum Gasteiger partial charge on any atom is 0.254 e. The summed E-state index contributed by atoms with van der Waals surface area (Å²) in [6.07, 6.45) is 3.65. The molecule has 29 heavy (non-hydrogen) atoms. The Bertz CT molecular complexity index is 1160. The number of phenolic OH excluding ortho intramolecular Hbond substituents is 1. The number of hydrogen-bond donors (Lipinski definition) is 2. The van der Waals surface area contributed by atoms with E-state index in [0.29, 0.717) is 29.7 Å². The predicted molar refractivity (Wildman–Crippen MR) is 108 cm³/mol. The third-order valence-electron chi connectivity index (χ3n) is 4.93. The first kappa shape index (κ1) is 18.7. The number of carbonyl (C=O) groups excluding carboxylic acids is 1. The molecule has 7 nitrogen and oxygen atoms in total. The number of nitrogens with two attached hydrogens (primary N) is 1. The van der Waals surface area contributed by atoms with Crippen LogP contribution in [-0.2, 0) is 13.0 Å². The van der Waals surface area contributed by atoms with E-state index in [1.165, 1.54) is 12.1 Å². The van der Waals surface area contributed by atoms with Crippen molar-refractivity contribution in [2.24, 2.45) is 0 Å². The average Bonchev–Trinajstić information content (AvgIpc) is 2.73. The van der Waals surface area contributed by atoms with Crippen molar-refractivity contribution < 1.29 is 9.90 Å². The fraction of sp³-hybridized carbons (Fsp3) is 0.143. The van der Waals surface area contributed by atoms with Gasteiger partial charge in [0.2, 0.25) is 0 Å². The fourth-order valence-electron chi connectivity index (χ4n) is 3.55. The number of amides is 1. The summed E-state index contributed by atoms with van der Waals surface area (Å²) in [5.74, 6) is 0.0121. The molecule has 1 aliphatic heterocycles. The Labute approximate surface area is 172 Å². The SMILES string of the molecule is N#Cc1c(N)nc2c(c1-c1ccc(O)cc1Cl)CN(C(=O)c1ccncc1)CC2. The maximum absolute atomic E-state index is 12.9. The summed E-state index contributed by atoms with van der Waals surface area (Å²) in [6, 6.07) is 9.97. The van der Waals surface area contributed by atoms with Gasteiger partial charge in [0.1, 0.15) is 23.2 Å². The van der Waals surface area contributed by atoms with Crippen molar-refractivity contribution in [1.82, 2.24) is 14.9 Å². The molecule has 1 amide bonds. The quantitative estimate of drug-likeness (QED) is 0.676. The molecular formula is C21H16ClN5O2. The highest BCUT2D eigenvalue weighted by Gasteiger charge is 2.28. The number of phenols is 1. The van der Waals surface area contributed by atoms with Crippen LogP contribution in [0.5, 0.6) is 5.75 Å². The summed E-state index contributed by atoms with van der Waals surface area (Å²) in [5.41, 5.74) is 9.36. The van der Waals surface area contributed by atoms with Gasteiger partial charge in [0.25, 0.3) is 5.91 Å². The predicted octanol–water partition coefficient (Wildman–Crippen LogP) is 3.15. The Morgan fingerprint density at radius 2 is 2.03 bits per heavy atom. The van der Waals surface area contributed by atoms with Gasteiger partial charge in [-0.3, -0.25) is 9.78 Å². The molecule has 4 rings (SSSR count). The molecule has 144 valence electrons. The number of aromatic nitrogens is 2. The van der Waals surface area contributed by atoms with Gasteiger partial charge in [0.05, 0.1) is 10.7 Å². The summed E-state index contributed by atoms with van der Waals surface area (Å²) < 4.78 is 0. The van der Waals surface area contributed by atoms with Gasteiger partial charge in [-0.05, 0) is 30.3 Å². The minimum Gasteiger partial charge on any atom is -0.508 e. The second-order valence-electron chi connectivity index (χ2n) is 6.66. The Balaban J connectivity index is 1.85. The summed E-state index contributed by atoms with van der Waals surface area (Å²) in [5, 5.41) is 19.7. The molecule has 1 aromatic carbocycles. The molecule has 0 saturated heterocycles. The molecule has 1 aliphatic rings. The molecule has 3 heterocycles. The molecule has 3 aromatic rings. The van der Waals surface area contributed by atoms with Crippen molar-refractivity contribution in [3.05, 3.63) is 70.1 Å². The van der Waals surface area contributed by atoms with Gasteiger partial charge in [-0.25, -0.2) is 4.98 Å². The number of carbonyl (C=O) groups is 1. The number of nitriles is 1. The van der Waals surface area contributed by atoms with E-state index in [0.717, 1.165) is 11.3 Å². The van der Waals surface area contributed by atoms with Crippen LogP contribution < -0.4 is 5.73 Å². The zero-order valence-corrected chi connectivity index (χ0v) is 16.0. The number of fused-ring (bicyclic) bond motifs is 1. The van der Waals surface area contributed by atoms with Crippen LogP contribution in [0.3, 0.4) is 0 Å². The highest BCUT2D eigenvalue weighted by molar-refractivity contribution is 6.33. The Morgan fingerprint density at radius 1 is 1.28 bits per heavy atom. The second kappa shape index (κ2) is 7.41. The molecule has 0 saturated carbocycles. The number of hydrogen-bond acceptors (Lipinski definition) is 6. The van der Waals surface area contributed by atoms with Gasteiger partial charge in [-0.15, -0.1) is 0 Å². The van der Waals surface area contributed by atoms with Crippen LogP contribution in [0.15, 0.2) is 42.7 Å². The lowest BCUT2D eigenvalue weighted by Crippen LogP contribution is -2.37. The van der Waals surface area contributed by atoms with Gasteiger partial charge in [-0.2, -0.15) is 5.26 Å². The molecule has 2 aromatic heterocycles. The van der Waals surface area contributed by atoms with E-state index in [2.05, 4.69) is 16.0 Å². The summed E-state index contributed by atoms with van der Waals surface area (Å²) >= 11 is 6.36. The third kappa shape index (κ3) is 3.35. The summed E-state index contributed by atoms with van der Waals surface area (Å²) in [7, 11) is 0. The number of nitrogen functional groups attached to an aromatic ring is 1. The van der Waals surface area contributed by atoms with Gasteiger partial charge in [-0.1, -0.05) is 11.6 Å². The number of benzene rings is 1. The number of aromatic hydroxyl groups is 1. The van der Waals surface area contributed by atoms with Crippen molar-refractivity contribution in [1.29, 1.82) is 5.26 Å². The topological polar surface area (TPSA) is 116 Å². The van der Waals surface area contributed by atoms with Crippen LogP contribution in [0, 0.1) is 11.3 Å². The van der Waals surface area contributed by atoms with E-state index >= 15 is 0 Å². The van der Waals surface area contributed by atoms with E-state index in [1.54, 1.807) is 35.5 Å². The first-order valence-electron chi connectivity index (χ1n) is 8.89. The Kier molecular flexibility index (Phi) is 4.79. The van der Waals surface area contributed by atoms with Crippen molar-refractivity contribution >= 4 is 23.3 Å². The van der Waals surface area contributed by atoms with Crippen LogP contribution in [-0.4, -0.2) is 32.4 Å². The standard InChI is InChI=1S/C21H16ClN5O2/c22-17-9-13(28)1-2-14(17)19-15(10-23)20(24)26-18-5-8-27(11-16(18)19)21(29)12-3-6-25-7-4-12/h1-4,6-7,9,28H,5,8,11H2,(H2,24,26). The Hall–Kier alpha value is -3.63. The largest absolute Gasteiger partial charge is 0.508 e. The number of rotatable bonds is 2. The third-order valence-corrected chi connectivity index (χ3v) is 5.24. The molecule has 0 fully saturated rings. The normalized spacial score (nSPS) is 12.9. The molecule has 0 radical (unpaired) electrons. The molecule has 3 N–H and O–H groups in total. The number of halogens is 1. The van der Waals surface area contributed by atoms with Crippen LogP contribution in [0.4, 0.5) is 5.82 Å². The smallest absolute Gasteiger partial charge is 0.254 e. The average molecular weight is 406 g/mol. The second-order valence-corrected chi connectivity index (χ2v) is 7.07. The molecule has 8 heteroatoms. The van der Waals surface area contributed by atoms with Gasteiger partial charge >= 0.3 is 0 Å². The number of nitrogens with zero attached hydrogens (tertiary/aromatic N) is 4. The molecular weight excluding hydrogens is 390 g/mol. The van der Waals surface area contributed by atoms with Crippen molar-refractivity contribution in [3.8, 4) is 22.9 Å². The minimum atomic E-state index is -0.129. The van der Waals surface area contributed by atoms with Crippen molar-refractivity contribution in [3.63, 3.8) is 0 Å². The number of pyridine rings is 2. The van der Waals surface area contributed by atoms with Gasteiger partial charge in [0, 0.05) is 54.2 Å². The minimum absolute atomic E-state index is 0.0163. The van der Waals surface area contributed by atoms with E-state index in [1.807, 2.05) is 0 Å². The maximum atomic E-state index is 12.9. The highest BCUT2D eigenvalue weighted by Crippen LogP contribution is 2.39. The lowest BCUT2D eigenvalue weighted by molar-refractivity contribution is 0.0734. The van der Waals surface area contributed by atoms with Gasteiger partial charge in [0.15, 0.2) is 0 Å². The van der Waals surface area contributed by atoms with Crippen LogP contribution >= 0.6 is 11.6 Å². The zero-order chi connectivity index (χ0) is 20.5. The molecule has 0 unspecified atom stereocenters. The first-order valence-corrected chi connectivity index (χ1v) is 9.27. The summed E-state index contributed by atoms with van der Waals surface area (Å²) in [6.45, 7) is 0.750. The number of anilines is 1. The van der Waals surface area contributed by atoms with E-state index < -0.39 is 0 Å². The van der Waals surface area contributed by atoms with Crippen LogP contribution in [0.1, 0.15) is 27.2 Å². The van der Waals surface area contributed by atoms with E-state index in [9.17, 15) is 15.2 Å². The monoisotopic (exact) mass is 405 g/mol. The molecule has 0 spiro atoms. The van der Waals surface area contributed by atoms with E-state index in [-0.39, 0.29) is 34.6 Å². The summed E-state index contributed by atoms with van der Waals surface area (Å²) in [4.78, 5) is 23.0. The zero-order valence-electron chi connectivity index (χ0n) is 15.3. The van der Waals surface area contributed by atoms with Crippen molar-refractivity contribution in [2.75, 3.05) is 12.3 Å². The lowest BCUT2D eigenvalue weighted by Gasteiger charge is -2.31. The first-order chi connectivity index (χ1) is 14.0. The van der Waals surface area contributed by atoms with Gasteiger partial charge < -0.3 is 15.7 Å². The van der Waals surface area contributed by atoms with Crippen LogP contribution in [0.25, 0.3) is 11.1 Å². The Morgan fingerprint density at radius 3 is 2.72 bits per heavy atom. The van der Waals surface area contributed by atoms with Crippen molar-refractivity contribution in [2.45, 2.75) is 13.0 Å². The van der Waals surface area contributed by atoms with Crippen LogP contribution in [0.2, 0.25) is 5.02 Å². The fourth-order valence-corrected chi connectivity index (χ4v) is 3.82. The molecule has 0 atom stereocenters. The highest BCUT2D eigenvalue weighted by atomic mass is 35.5. The molecule has 0 bridgehead atoms.